The Hall–Kier alpha value is -4.41. The second-order valence-electron chi connectivity index (χ2n) is 8.55. The molecule has 9 nitrogen and oxygen atoms in total. The van der Waals surface area contributed by atoms with Crippen LogP contribution in [0.2, 0.25) is 5.02 Å². The maximum Gasteiger partial charge on any atom is 0.344 e. The fourth-order valence-corrected chi connectivity index (χ4v) is 4.90. The van der Waals surface area contributed by atoms with Gasteiger partial charge in [0.2, 0.25) is 0 Å². The summed E-state index contributed by atoms with van der Waals surface area (Å²) in [6, 6.07) is 17.8. The third-order valence-electron chi connectivity index (χ3n) is 5.64. The van der Waals surface area contributed by atoms with Crippen LogP contribution in [0.25, 0.3) is 6.08 Å². The highest BCUT2D eigenvalue weighted by Crippen LogP contribution is 2.40. The zero-order chi connectivity index (χ0) is 28.8. The molecule has 4 rings (SSSR count). The van der Waals surface area contributed by atoms with Crippen LogP contribution in [-0.4, -0.2) is 33.6 Å². The summed E-state index contributed by atoms with van der Waals surface area (Å²) in [4.78, 5) is 40.3. The molecule has 0 radical (unpaired) electrons. The summed E-state index contributed by atoms with van der Waals surface area (Å²) in [5.74, 6) is -1.37. The smallest absolute Gasteiger partial charge is 0.344 e. The van der Waals surface area contributed by atoms with Crippen molar-refractivity contribution in [3.63, 3.8) is 0 Å². The fraction of sp³-hybridized carbons (Fsp3) is 0.138. The van der Waals surface area contributed by atoms with Crippen LogP contribution < -0.4 is 4.74 Å². The van der Waals surface area contributed by atoms with Gasteiger partial charge >= 0.3 is 5.97 Å². The van der Waals surface area contributed by atoms with Gasteiger partial charge in [0.25, 0.3) is 11.6 Å². The van der Waals surface area contributed by atoms with Gasteiger partial charge in [0.05, 0.1) is 21.5 Å². The number of aliphatic imine (C=N–C) groups is 1. The largest absolute Gasteiger partial charge is 0.506 e. The van der Waals surface area contributed by atoms with Crippen molar-refractivity contribution in [2.75, 3.05) is 6.61 Å². The normalized spacial score (nSPS) is 15.0. The molecule has 1 N–H and O–H groups in total. The van der Waals surface area contributed by atoms with E-state index >= 15 is 0 Å². The first kappa shape index (κ1) is 28.6. The molecule has 3 aromatic rings. The van der Waals surface area contributed by atoms with Gasteiger partial charge in [0.1, 0.15) is 28.7 Å². The van der Waals surface area contributed by atoms with Crippen LogP contribution in [0.1, 0.15) is 34.0 Å². The van der Waals surface area contributed by atoms with Crippen LogP contribution in [-0.2, 0) is 16.1 Å². The minimum atomic E-state index is -0.797. The third-order valence-corrected chi connectivity index (χ3v) is 6.96. The van der Waals surface area contributed by atoms with Crippen molar-refractivity contribution in [1.29, 1.82) is 0 Å². The summed E-state index contributed by atoms with van der Waals surface area (Å²) < 4.78 is 10.8. The number of aliphatic hydroxyl groups excluding tert-OH is 1. The second-order valence-corrected chi connectivity index (χ2v) is 9.99. The Balaban J connectivity index is 1.57. The van der Waals surface area contributed by atoms with Crippen molar-refractivity contribution in [3.8, 4) is 5.75 Å². The SMILES string of the molecule is CCOC(=O)C1=C(O)/C(=C/c2ccc(OCc3cccc([N+](=O)[O-])c3)c(Cl)c2)SC1=NC(=O)c1ccc(C)cc1. The quantitative estimate of drug-likeness (QED) is 0.175. The van der Waals surface area contributed by atoms with Crippen molar-refractivity contribution in [2.24, 2.45) is 4.99 Å². The number of thioether (sulfide) groups is 1. The number of rotatable bonds is 8. The van der Waals surface area contributed by atoms with Crippen molar-refractivity contribution in [2.45, 2.75) is 20.5 Å². The van der Waals surface area contributed by atoms with Gasteiger partial charge in [0, 0.05) is 17.7 Å². The average molecular weight is 579 g/mol. The lowest BCUT2D eigenvalue weighted by Crippen LogP contribution is -2.14. The molecule has 0 saturated heterocycles. The van der Waals surface area contributed by atoms with E-state index in [1.165, 1.54) is 12.1 Å². The molecular formula is C29H23ClN2O7S. The summed E-state index contributed by atoms with van der Waals surface area (Å²) in [6.45, 7) is 3.67. The molecule has 1 aliphatic rings. The number of carbonyl (C=O) groups is 2. The summed E-state index contributed by atoms with van der Waals surface area (Å²) in [5.41, 5.74) is 2.27. The molecule has 11 heteroatoms. The summed E-state index contributed by atoms with van der Waals surface area (Å²) >= 11 is 7.37. The van der Waals surface area contributed by atoms with Crippen LogP contribution in [0, 0.1) is 17.0 Å². The maximum atomic E-state index is 12.8. The summed E-state index contributed by atoms with van der Waals surface area (Å²) in [7, 11) is 0. The number of nitro benzene ring substituents is 1. The first-order valence-corrected chi connectivity index (χ1v) is 13.2. The maximum absolute atomic E-state index is 12.8. The molecule has 0 fully saturated rings. The number of esters is 1. The van der Waals surface area contributed by atoms with E-state index < -0.39 is 16.8 Å². The van der Waals surface area contributed by atoms with Crippen LogP contribution in [0.5, 0.6) is 5.75 Å². The van der Waals surface area contributed by atoms with Gasteiger partial charge in [-0.05, 0) is 55.3 Å². The first-order valence-electron chi connectivity index (χ1n) is 12.0. The van der Waals surface area contributed by atoms with E-state index in [1.807, 2.05) is 6.92 Å². The van der Waals surface area contributed by atoms with Gasteiger partial charge in [-0.3, -0.25) is 14.9 Å². The highest BCUT2D eigenvalue weighted by molar-refractivity contribution is 8.18. The van der Waals surface area contributed by atoms with E-state index in [0.717, 1.165) is 17.3 Å². The van der Waals surface area contributed by atoms with Crippen molar-refractivity contribution < 1.29 is 29.1 Å². The second kappa shape index (κ2) is 12.6. The number of non-ortho nitro benzene ring substituents is 1. The van der Waals surface area contributed by atoms with E-state index in [0.29, 0.717) is 22.4 Å². The Kier molecular flexibility index (Phi) is 9.03. The predicted molar refractivity (Wildman–Crippen MR) is 154 cm³/mol. The molecule has 0 unspecified atom stereocenters. The average Bonchev–Trinajstić information content (AvgIpc) is 3.22. The highest BCUT2D eigenvalue weighted by atomic mass is 35.5. The minimum Gasteiger partial charge on any atom is -0.506 e. The lowest BCUT2D eigenvalue weighted by Gasteiger charge is -2.09. The Morgan fingerprint density at radius 1 is 1.12 bits per heavy atom. The number of nitro groups is 1. The molecular weight excluding hydrogens is 556 g/mol. The van der Waals surface area contributed by atoms with Gasteiger partial charge in [0.15, 0.2) is 0 Å². The van der Waals surface area contributed by atoms with Gasteiger partial charge < -0.3 is 14.6 Å². The molecule has 0 spiro atoms. The van der Waals surface area contributed by atoms with Crippen LogP contribution in [0.4, 0.5) is 5.69 Å². The standard InChI is InChI=1S/C29H23ClN2O7S/c1-3-38-29(35)25-26(33)24(40-28(25)31-27(34)20-10-7-17(2)8-11-20)15-18-9-12-23(22(30)14-18)39-16-19-5-4-6-21(13-19)32(36)37/h4-15,33H,3,16H2,1-2H3/b24-15-,31-28?. The summed E-state index contributed by atoms with van der Waals surface area (Å²) in [6.07, 6.45) is 1.59. The molecule has 204 valence electrons. The van der Waals surface area contributed by atoms with Gasteiger partial charge in [-0.1, -0.05) is 59.3 Å². The number of aryl methyl sites for hydroxylation is 1. The number of halogens is 1. The monoisotopic (exact) mass is 578 g/mol. The Morgan fingerprint density at radius 3 is 2.55 bits per heavy atom. The van der Waals surface area contributed by atoms with E-state index in [-0.39, 0.29) is 45.2 Å². The van der Waals surface area contributed by atoms with Gasteiger partial charge in [-0.25, -0.2) is 9.79 Å². The number of nitrogens with zero attached hydrogens (tertiary/aromatic N) is 2. The molecule has 0 bridgehead atoms. The Morgan fingerprint density at radius 2 is 1.88 bits per heavy atom. The third kappa shape index (κ3) is 6.77. The van der Waals surface area contributed by atoms with Crippen molar-refractivity contribution >= 4 is 52.0 Å². The zero-order valence-electron chi connectivity index (χ0n) is 21.4. The van der Waals surface area contributed by atoms with E-state index in [1.54, 1.807) is 67.6 Å². The van der Waals surface area contributed by atoms with E-state index in [4.69, 9.17) is 21.1 Å². The number of aliphatic hydroxyl groups is 1. The molecule has 0 aliphatic carbocycles. The zero-order valence-corrected chi connectivity index (χ0v) is 23.0. The molecule has 40 heavy (non-hydrogen) atoms. The molecule has 0 saturated carbocycles. The molecule has 1 amide bonds. The number of benzene rings is 3. The number of amides is 1. The first-order chi connectivity index (χ1) is 19.2. The Bertz CT molecular complexity index is 1580. The lowest BCUT2D eigenvalue weighted by molar-refractivity contribution is -0.384. The number of carbonyl (C=O) groups excluding carboxylic acids is 2. The summed E-state index contributed by atoms with van der Waals surface area (Å²) in [5, 5.41) is 22.2. The number of hydrogen-bond donors (Lipinski definition) is 1. The predicted octanol–water partition coefficient (Wildman–Crippen LogP) is 6.84. The minimum absolute atomic E-state index is 0.0239. The van der Waals surface area contributed by atoms with Crippen LogP contribution >= 0.6 is 23.4 Å². The number of hydrogen-bond acceptors (Lipinski definition) is 8. The molecule has 3 aromatic carbocycles. The fourth-order valence-electron chi connectivity index (χ4n) is 3.64. The van der Waals surface area contributed by atoms with E-state index in [2.05, 4.69) is 4.99 Å². The molecule has 1 aliphatic heterocycles. The highest BCUT2D eigenvalue weighted by Gasteiger charge is 2.34. The molecule has 0 aromatic heterocycles. The molecule has 0 atom stereocenters. The van der Waals surface area contributed by atoms with Crippen LogP contribution in [0.15, 0.2) is 88.0 Å². The van der Waals surface area contributed by atoms with Crippen molar-refractivity contribution in [1.82, 2.24) is 0 Å². The van der Waals surface area contributed by atoms with Gasteiger partial charge in [-0.2, -0.15) is 0 Å². The lowest BCUT2D eigenvalue weighted by atomic mass is 10.1. The topological polar surface area (TPSA) is 128 Å². The van der Waals surface area contributed by atoms with E-state index in [9.17, 15) is 24.8 Å². The molecule has 1 heterocycles. The van der Waals surface area contributed by atoms with Gasteiger partial charge in [-0.15, -0.1) is 0 Å². The number of ether oxygens (including phenoxy) is 2. The van der Waals surface area contributed by atoms with Crippen molar-refractivity contribution in [3.05, 3.63) is 120 Å². The van der Waals surface area contributed by atoms with Crippen LogP contribution in [0.3, 0.4) is 0 Å². The Labute approximate surface area is 238 Å².